The Morgan fingerprint density at radius 1 is 1.02 bits per heavy atom. The first kappa shape index (κ1) is 37.7. The van der Waals surface area contributed by atoms with Crippen LogP contribution in [0.3, 0.4) is 0 Å². The Balaban J connectivity index is 1.84. The number of hydrogen-bond acceptors (Lipinski definition) is 7. The molecule has 4 aromatic rings. The summed E-state index contributed by atoms with van der Waals surface area (Å²) in [6, 6.07) is 4.85. The van der Waals surface area contributed by atoms with Crippen LogP contribution >= 0.6 is 11.6 Å². The SMILES string of the molecule is CC(C)(C#Cc1nc(C(N)Cc2cc(F)cc(F)c2)c(-c2ccc(Cl)c3c(CCS(C)(=O)=O)nn(CC(F)(F)F)c23)c2c1CCC2)S(C)(=O)=O. The number of pyridine rings is 1. The van der Waals surface area contributed by atoms with Gasteiger partial charge in [0.1, 0.15) is 38.5 Å². The van der Waals surface area contributed by atoms with E-state index in [1.807, 2.05) is 0 Å². The highest BCUT2D eigenvalue weighted by Crippen LogP contribution is 2.44. The summed E-state index contributed by atoms with van der Waals surface area (Å²) >= 11 is 6.60. The monoisotopic (exact) mass is 756 g/mol. The molecule has 268 valence electrons. The van der Waals surface area contributed by atoms with Crippen LogP contribution in [-0.2, 0) is 51.9 Å². The molecule has 0 amide bonds. The summed E-state index contributed by atoms with van der Waals surface area (Å²) in [6.07, 6.45) is -1.48. The number of nitrogens with two attached hydrogens (primary N) is 1. The van der Waals surface area contributed by atoms with Crippen LogP contribution in [0.15, 0.2) is 30.3 Å². The van der Waals surface area contributed by atoms with Crippen LogP contribution in [0, 0.1) is 23.5 Å². The molecule has 2 heterocycles. The third-order valence-electron chi connectivity index (χ3n) is 8.66. The van der Waals surface area contributed by atoms with Crippen molar-refractivity contribution < 1.29 is 38.8 Å². The van der Waals surface area contributed by atoms with E-state index >= 15 is 0 Å². The number of rotatable bonds is 9. The van der Waals surface area contributed by atoms with Crippen molar-refractivity contribution in [3.63, 3.8) is 0 Å². The smallest absolute Gasteiger partial charge is 0.322 e. The Hall–Kier alpha value is -3.58. The normalized spacial score (nSPS) is 14.5. The summed E-state index contributed by atoms with van der Waals surface area (Å²) in [5.41, 5.74) is 9.30. The van der Waals surface area contributed by atoms with Crippen molar-refractivity contribution in [3.05, 3.63) is 80.8 Å². The van der Waals surface area contributed by atoms with E-state index in [1.54, 1.807) is 0 Å². The van der Waals surface area contributed by atoms with Crippen LogP contribution in [0.25, 0.3) is 22.0 Å². The number of sulfone groups is 2. The Morgan fingerprint density at radius 2 is 1.66 bits per heavy atom. The van der Waals surface area contributed by atoms with E-state index in [4.69, 9.17) is 22.3 Å². The third-order valence-corrected chi connectivity index (χ3v) is 11.9. The van der Waals surface area contributed by atoms with Crippen LogP contribution in [0.4, 0.5) is 22.0 Å². The number of fused-ring (bicyclic) bond motifs is 2. The lowest BCUT2D eigenvalue weighted by molar-refractivity contribution is -0.141. The number of alkyl halides is 3. The maximum atomic E-state index is 14.2. The molecule has 2 N–H and O–H groups in total. The van der Waals surface area contributed by atoms with Crippen LogP contribution in [0.2, 0.25) is 5.02 Å². The minimum absolute atomic E-state index is 0.0171. The molecule has 1 aliphatic rings. The average Bonchev–Trinajstić information content (AvgIpc) is 3.59. The minimum Gasteiger partial charge on any atom is -0.322 e. The van der Waals surface area contributed by atoms with Gasteiger partial charge >= 0.3 is 6.18 Å². The molecular formula is C34H34ClF5N4O4S2. The summed E-state index contributed by atoms with van der Waals surface area (Å²) in [5.74, 6) is 3.65. The summed E-state index contributed by atoms with van der Waals surface area (Å²) in [6.45, 7) is 1.38. The molecule has 1 atom stereocenters. The van der Waals surface area contributed by atoms with E-state index in [2.05, 4.69) is 16.9 Å². The number of benzene rings is 2. The van der Waals surface area contributed by atoms with Gasteiger partial charge in [0.15, 0.2) is 9.84 Å². The number of halogens is 6. The fourth-order valence-electron chi connectivity index (χ4n) is 6.03. The molecule has 0 radical (unpaired) electrons. The maximum absolute atomic E-state index is 14.2. The molecular weight excluding hydrogens is 723 g/mol. The lowest BCUT2D eigenvalue weighted by atomic mass is 9.88. The predicted octanol–water partition coefficient (Wildman–Crippen LogP) is 6.09. The molecule has 2 aromatic carbocycles. The van der Waals surface area contributed by atoms with Gasteiger partial charge in [-0.2, -0.15) is 18.3 Å². The molecule has 0 bridgehead atoms. The van der Waals surface area contributed by atoms with Gasteiger partial charge in [0.2, 0.25) is 0 Å². The number of nitrogens with zero attached hydrogens (tertiary/aromatic N) is 3. The molecule has 0 fully saturated rings. The zero-order valence-corrected chi connectivity index (χ0v) is 29.9. The first-order valence-corrected chi connectivity index (χ1v) is 19.8. The van der Waals surface area contributed by atoms with Crippen molar-refractivity contribution in [2.45, 2.75) is 69.5 Å². The first-order valence-electron chi connectivity index (χ1n) is 15.5. The average molecular weight is 757 g/mol. The van der Waals surface area contributed by atoms with Gasteiger partial charge < -0.3 is 5.73 Å². The van der Waals surface area contributed by atoms with Gasteiger partial charge in [-0.1, -0.05) is 23.6 Å². The standard InChI is InChI=1S/C34H34ClF5N4O4S2/c1-33(2,50(4,47)48)12-10-27-22-6-5-7-23(22)29(31(42-27)26(41)16-19-14-20(36)17-21(37)15-19)24-8-9-25(35)30-28(11-13-49(3,45)46)43-44(32(24)30)18-34(38,39)40/h8-9,14-15,17,26H,5-7,11,13,16,18,41H2,1-4H3. The van der Waals surface area contributed by atoms with Crippen LogP contribution in [0.1, 0.15) is 60.1 Å². The van der Waals surface area contributed by atoms with E-state index in [9.17, 15) is 38.8 Å². The van der Waals surface area contributed by atoms with E-state index in [-0.39, 0.29) is 62.7 Å². The largest absolute Gasteiger partial charge is 0.408 e. The number of aryl methyl sites for hydroxylation is 1. The predicted molar refractivity (Wildman–Crippen MR) is 182 cm³/mol. The number of aromatic nitrogens is 3. The van der Waals surface area contributed by atoms with Crippen molar-refractivity contribution in [1.29, 1.82) is 0 Å². The molecule has 0 aliphatic heterocycles. The molecule has 50 heavy (non-hydrogen) atoms. The highest BCUT2D eigenvalue weighted by molar-refractivity contribution is 7.92. The second-order valence-corrected chi connectivity index (χ2v) is 18.3. The summed E-state index contributed by atoms with van der Waals surface area (Å²) in [7, 11) is -7.15. The second kappa shape index (κ2) is 13.5. The van der Waals surface area contributed by atoms with Crippen LogP contribution < -0.4 is 5.73 Å². The molecule has 16 heteroatoms. The Bertz CT molecular complexity index is 2270. The van der Waals surface area contributed by atoms with Gasteiger partial charge in [0.05, 0.1) is 33.7 Å². The first-order chi connectivity index (χ1) is 23.0. The summed E-state index contributed by atoms with van der Waals surface area (Å²) < 4.78 is 119. The van der Waals surface area contributed by atoms with Crippen LogP contribution in [0.5, 0.6) is 0 Å². The van der Waals surface area contributed by atoms with Crippen LogP contribution in [-0.4, -0.2) is 60.8 Å². The molecule has 1 unspecified atom stereocenters. The van der Waals surface area contributed by atoms with Gasteiger partial charge in [0, 0.05) is 41.5 Å². The Labute approximate surface area is 292 Å². The third kappa shape index (κ3) is 8.14. The Kier molecular flexibility index (Phi) is 10.2. The van der Waals surface area contributed by atoms with Crippen molar-refractivity contribution in [2.75, 3.05) is 18.3 Å². The van der Waals surface area contributed by atoms with Gasteiger partial charge in [-0.25, -0.2) is 30.6 Å². The van der Waals surface area contributed by atoms with Crippen molar-refractivity contribution in [2.24, 2.45) is 5.73 Å². The molecule has 5 rings (SSSR count). The van der Waals surface area contributed by atoms with E-state index in [0.717, 1.165) is 29.3 Å². The summed E-state index contributed by atoms with van der Waals surface area (Å²) in [5, 5.41) is 4.40. The molecule has 0 saturated carbocycles. The van der Waals surface area contributed by atoms with E-state index in [0.29, 0.717) is 42.0 Å². The lowest BCUT2D eigenvalue weighted by Gasteiger charge is -2.22. The highest BCUT2D eigenvalue weighted by Gasteiger charge is 2.34. The van der Waals surface area contributed by atoms with Crippen molar-refractivity contribution >= 4 is 42.2 Å². The van der Waals surface area contributed by atoms with Gasteiger partial charge in [0.25, 0.3) is 0 Å². The van der Waals surface area contributed by atoms with Crippen molar-refractivity contribution in [1.82, 2.24) is 14.8 Å². The quantitative estimate of drug-likeness (QED) is 0.162. The highest BCUT2D eigenvalue weighted by atomic mass is 35.5. The topological polar surface area (TPSA) is 125 Å². The van der Waals surface area contributed by atoms with Gasteiger partial charge in [-0.15, -0.1) is 0 Å². The molecule has 0 spiro atoms. The fourth-order valence-corrected chi connectivity index (χ4v) is 7.09. The Morgan fingerprint density at radius 3 is 2.26 bits per heavy atom. The second-order valence-electron chi connectivity index (χ2n) is 13.1. The minimum atomic E-state index is -4.72. The zero-order valence-electron chi connectivity index (χ0n) is 27.6. The summed E-state index contributed by atoms with van der Waals surface area (Å²) in [4.78, 5) is 4.81. The van der Waals surface area contributed by atoms with Gasteiger partial charge in [-0.05, 0) is 80.3 Å². The van der Waals surface area contributed by atoms with Crippen molar-refractivity contribution in [3.8, 4) is 23.0 Å². The molecule has 0 saturated heterocycles. The molecule has 2 aromatic heterocycles. The molecule has 1 aliphatic carbocycles. The van der Waals surface area contributed by atoms with E-state index < -0.39 is 54.8 Å². The lowest BCUT2D eigenvalue weighted by Crippen LogP contribution is -2.28. The maximum Gasteiger partial charge on any atom is 0.408 e. The van der Waals surface area contributed by atoms with Gasteiger partial charge in [-0.3, -0.25) is 4.68 Å². The fraction of sp³-hybridized carbons (Fsp3) is 0.412. The zero-order chi connectivity index (χ0) is 37.0. The molecule has 8 nitrogen and oxygen atoms in total. The van der Waals surface area contributed by atoms with E-state index in [1.165, 1.54) is 26.0 Å². The number of hydrogen-bond donors (Lipinski definition) is 1.